The van der Waals surface area contributed by atoms with Crippen molar-refractivity contribution < 1.29 is 19.1 Å². The number of hydrogen-bond acceptors (Lipinski definition) is 2. The lowest BCUT2D eigenvalue weighted by Gasteiger charge is -2.08. The first kappa shape index (κ1) is 10.5. The predicted octanol–water partition coefficient (Wildman–Crippen LogP) is 2.26. The number of ether oxygens (including phenoxy) is 1. The van der Waals surface area contributed by atoms with Gasteiger partial charge in [0, 0.05) is 5.56 Å². The molecule has 3 rings (SSSR count). The highest BCUT2D eigenvalue weighted by molar-refractivity contribution is 7.61. The molecule has 0 unspecified atom stereocenters. The first-order chi connectivity index (χ1) is 8.07. The van der Waals surface area contributed by atoms with E-state index in [1.54, 1.807) is 12.1 Å². The van der Waals surface area contributed by atoms with Crippen LogP contribution in [0.4, 0.5) is 0 Å². The Morgan fingerprint density at radius 3 is 2.35 bits per heavy atom. The average Bonchev–Trinajstić information content (AvgIpc) is 3.06. The van der Waals surface area contributed by atoms with Crippen molar-refractivity contribution in [3.05, 3.63) is 42.5 Å². The molecule has 0 atom stereocenters. The number of rotatable bonds is 2. The molecule has 86 valence electrons. The highest BCUT2D eigenvalue weighted by atomic mass is 31.2. The molecule has 17 heavy (non-hydrogen) atoms. The molecule has 4 nitrogen and oxygen atoms in total. The molecular weight excluding hydrogens is 239 g/mol. The van der Waals surface area contributed by atoms with Gasteiger partial charge in [0.1, 0.15) is 5.30 Å². The van der Waals surface area contributed by atoms with Gasteiger partial charge in [0.15, 0.2) is 11.5 Å². The topological polar surface area (TPSA) is 70.1 Å². The Balaban J connectivity index is 2.26. The maximum absolute atomic E-state index is 11.5. The molecule has 0 amide bonds. The minimum atomic E-state index is -4.33. The number of hydrogen-bond donors (Lipinski definition) is 2. The lowest BCUT2D eigenvalue weighted by Crippen LogP contribution is -2.05. The second-order valence-corrected chi connectivity index (χ2v) is 5.34. The summed E-state index contributed by atoms with van der Waals surface area (Å²) in [5, 5.41) is -0.0128. The van der Waals surface area contributed by atoms with E-state index in [0.29, 0.717) is 17.1 Å². The van der Waals surface area contributed by atoms with Crippen LogP contribution in [-0.4, -0.2) is 9.79 Å². The molecule has 0 aliphatic carbocycles. The van der Waals surface area contributed by atoms with E-state index in [1.165, 1.54) is 0 Å². The van der Waals surface area contributed by atoms with Gasteiger partial charge >= 0.3 is 7.60 Å². The normalized spacial score (nSPS) is 12.8. The fourth-order valence-electron chi connectivity index (χ4n) is 1.86. The summed E-state index contributed by atoms with van der Waals surface area (Å²) < 4.78 is 16.6. The first-order valence-electron chi connectivity index (χ1n) is 5.04. The fraction of sp³-hybridized carbons (Fsp3) is 0. The minimum absolute atomic E-state index is 0.0128. The van der Waals surface area contributed by atoms with E-state index >= 15 is 0 Å². The molecular formula is C12H9O4P. The zero-order valence-corrected chi connectivity index (χ0v) is 9.59. The summed E-state index contributed by atoms with van der Waals surface area (Å²) in [5.41, 5.74) is 1.29. The van der Waals surface area contributed by atoms with Crippen LogP contribution in [0.25, 0.3) is 11.1 Å². The summed E-state index contributed by atoms with van der Waals surface area (Å²) in [7, 11) is -4.33. The average molecular weight is 248 g/mol. The maximum Gasteiger partial charge on any atom is 0.360 e. The lowest BCUT2D eigenvalue weighted by atomic mass is 10.1. The van der Waals surface area contributed by atoms with Crippen LogP contribution in [0, 0.1) is 0 Å². The Kier molecular flexibility index (Phi) is 2.13. The minimum Gasteiger partial charge on any atom is -0.448 e. The van der Waals surface area contributed by atoms with Crippen LogP contribution in [0.1, 0.15) is 0 Å². The molecule has 0 bridgehead atoms. The molecule has 0 radical (unpaired) electrons. The third-order valence-corrected chi connectivity index (χ3v) is 3.67. The zero-order chi connectivity index (χ0) is 12.0. The lowest BCUT2D eigenvalue weighted by molar-refractivity contribution is 0.387. The van der Waals surface area contributed by atoms with E-state index in [0.717, 1.165) is 5.56 Å². The van der Waals surface area contributed by atoms with Gasteiger partial charge in [-0.15, -0.1) is 0 Å². The monoisotopic (exact) mass is 248 g/mol. The largest absolute Gasteiger partial charge is 0.448 e. The Hall–Kier alpha value is -1.61. The van der Waals surface area contributed by atoms with E-state index in [2.05, 4.69) is 0 Å². The Morgan fingerprint density at radius 2 is 1.71 bits per heavy atom. The molecule has 0 saturated heterocycles. The van der Waals surface area contributed by atoms with Crippen LogP contribution >= 0.6 is 7.60 Å². The molecule has 1 heterocycles. The van der Waals surface area contributed by atoms with Crippen molar-refractivity contribution in [1.29, 1.82) is 0 Å². The molecule has 0 aromatic heterocycles. The van der Waals surface area contributed by atoms with E-state index in [9.17, 15) is 14.4 Å². The smallest absolute Gasteiger partial charge is 0.360 e. The Bertz CT molecular complexity index is 630. The van der Waals surface area contributed by atoms with E-state index < -0.39 is 7.60 Å². The van der Waals surface area contributed by atoms with Crippen LogP contribution in [0.15, 0.2) is 42.5 Å². The van der Waals surface area contributed by atoms with Gasteiger partial charge < -0.3 is 14.5 Å². The Morgan fingerprint density at radius 1 is 1.00 bits per heavy atom. The Labute approximate surface area is 97.6 Å². The highest BCUT2D eigenvalue weighted by Crippen LogP contribution is 2.53. The molecule has 2 aromatic rings. The molecule has 0 fully saturated rings. The van der Waals surface area contributed by atoms with Crippen LogP contribution in [0.3, 0.4) is 0 Å². The van der Waals surface area contributed by atoms with Crippen LogP contribution in [0.5, 0.6) is 11.5 Å². The van der Waals surface area contributed by atoms with Gasteiger partial charge in [-0.05, 0) is 17.7 Å². The molecule has 2 N–H and O–H groups in total. The maximum atomic E-state index is 11.5. The summed E-state index contributed by atoms with van der Waals surface area (Å²) in [5.74, 6) is 0.864. The van der Waals surface area contributed by atoms with Gasteiger partial charge in [-0.2, -0.15) is 0 Å². The second kappa shape index (κ2) is 3.44. The van der Waals surface area contributed by atoms with Gasteiger partial charge in [0.05, 0.1) is 0 Å². The van der Waals surface area contributed by atoms with Gasteiger partial charge in [0.25, 0.3) is 0 Å². The summed E-state index contributed by atoms with van der Waals surface area (Å²) in [6.45, 7) is 0. The van der Waals surface area contributed by atoms with Gasteiger partial charge in [-0.1, -0.05) is 30.3 Å². The summed E-state index contributed by atoms with van der Waals surface area (Å²) in [4.78, 5) is 18.8. The van der Waals surface area contributed by atoms with E-state index in [-0.39, 0.29) is 5.30 Å². The van der Waals surface area contributed by atoms with Crippen LogP contribution < -0.4 is 10.0 Å². The molecule has 5 heteroatoms. The zero-order valence-electron chi connectivity index (χ0n) is 8.70. The highest BCUT2D eigenvalue weighted by Gasteiger charge is 2.36. The van der Waals surface area contributed by atoms with E-state index in [1.807, 2.05) is 30.3 Å². The standard InChI is InChI=1S/C12H9O4P/c13-17(14,15)12-9(6-7-10-11(12)16-10)8-4-2-1-3-5-8/h1-7H,(H2,13,14,15). The fourth-order valence-corrected chi connectivity index (χ4v) is 2.80. The van der Waals surface area contributed by atoms with Crippen molar-refractivity contribution in [2.75, 3.05) is 0 Å². The number of benzene rings is 2. The van der Waals surface area contributed by atoms with Crippen molar-refractivity contribution in [2.24, 2.45) is 0 Å². The van der Waals surface area contributed by atoms with Crippen molar-refractivity contribution in [3.63, 3.8) is 0 Å². The quantitative estimate of drug-likeness (QED) is 0.539. The van der Waals surface area contributed by atoms with E-state index in [4.69, 9.17) is 4.74 Å². The van der Waals surface area contributed by atoms with Crippen molar-refractivity contribution in [2.45, 2.75) is 0 Å². The van der Waals surface area contributed by atoms with Crippen molar-refractivity contribution in [1.82, 2.24) is 0 Å². The van der Waals surface area contributed by atoms with Crippen LogP contribution in [0.2, 0.25) is 0 Å². The number of fused-ring (bicyclic) bond motifs is 1. The predicted molar refractivity (Wildman–Crippen MR) is 63.6 cm³/mol. The van der Waals surface area contributed by atoms with Crippen molar-refractivity contribution in [3.8, 4) is 22.6 Å². The van der Waals surface area contributed by atoms with Gasteiger partial charge in [0.2, 0.25) is 0 Å². The third kappa shape index (κ3) is 1.76. The molecule has 2 aromatic carbocycles. The van der Waals surface area contributed by atoms with Gasteiger partial charge in [-0.25, -0.2) is 0 Å². The third-order valence-electron chi connectivity index (χ3n) is 2.64. The summed E-state index contributed by atoms with van der Waals surface area (Å²) >= 11 is 0. The first-order valence-corrected chi connectivity index (χ1v) is 6.65. The second-order valence-electron chi connectivity index (χ2n) is 3.80. The van der Waals surface area contributed by atoms with Crippen LogP contribution in [-0.2, 0) is 4.57 Å². The summed E-state index contributed by atoms with van der Waals surface area (Å²) in [6, 6.07) is 12.5. The molecule has 1 aliphatic heterocycles. The van der Waals surface area contributed by atoms with Gasteiger partial charge in [-0.3, -0.25) is 4.57 Å². The molecule has 0 saturated carbocycles. The molecule has 1 aliphatic rings. The SMILES string of the molecule is O=P(O)(O)c1c(-c2ccccc2)ccc2c1O2. The van der Waals surface area contributed by atoms with Crippen molar-refractivity contribution >= 4 is 12.9 Å². The summed E-state index contributed by atoms with van der Waals surface area (Å²) in [6.07, 6.45) is 0. The molecule has 0 spiro atoms.